The molecule has 3 fully saturated rings. The maximum Gasteiger partial charge on any atom is 0.261 e. The van der Waals surface area contributed by atoms with Crippen molar-refractivity contribution in [2.75, 3.05) is 13.1 Å². The minimum atomic E-state index is -1.14. The number of aromatic hydroxyl groups is 1. The van der Waals surface area contributed by atoms with Crippen LogP contribution in [0.3, 0.4) is 0 Å². The van der Waals surface area contributed by atoms with Crippen LogP contribution in [0.1, 0.15) is 70.9 Å². The molecule has 8 rings (SSSR count). The normalized spacial score (nSPS) is 33.0. The number of nitrogens with zero attached hydrogens (tertiary/aromatic N) is 2. The molecule has 2 amide bonds. The van der Waals surface area contributed by atoms with Crippen LogP contribution < -0.4 is 4.74 Å². The lowest BCUT2D eigenvalue weighted by Gasteiger charge is -2.62. The average molecular weight is 539 g/mol. The molecule has 40 heavy (non-hydrogen) atoms. The number of likely N-dealkylation sites (tertiary alicyclic amines) is 1. The van der Waals surface area contributed by atoms with Crippen LogP contribution in [0.25, 0.3) is 10.8 Å². The quantitative estimate of drug-likeness (QED) is 0.476. The first-order chi connectivity index (χ1) is 19.2. The Hall–Kier alpha value is -3.42. The van der Waals surface area contributed by atoms with Gasteiger partial charge in [0.1, 0.15) is 6.10 Å². The smallest absolute Gasteiger partial charge is 0.261 e. The molecule has 1 saturated heterocycles. The van der Waals surface area contributed by atoms with Crippen LogP contribution >= 0.6 is 0 Å². The van der Waals surface area contributed by atoms with Gasteiger partial charge in [-0.1, -0.05) is 30.3 Å². The van der Waals surface area contributed by atoms with Gasteiger partial charge in [0.25, 0.3) is 11.8 Å². The Morgan fingerprint density at radius 2 is 1.65 bits per heavy atom. The van der Waals surface area contributed by atoms with Gasteiger partial charge in [-0.05, 0) is 92.9 Å². The molecule has 1 spiro atoms. The van der Waals surface area contributed by atoms with Crippen molar-refractivity contribution in [3.63, 3.8) is 0 Å². The molecule has 3 heterocycles. The van der Waals surface area contributed by atoms with E-state index < -0.39 is 23.2 Å². The van der Waals surface area contributed by atoms with E-state index in [-0.39, 0.29) is 23.6 Å². The highest BCUT2D eigenvalue weighted by atomic mass is 16.5. The molecular weight excluding hydrogens is 504 g/mol. The second-order valence-electron chi connectivity index (χ2n) is 12.7. The Morgan fingerprint density at radius 3 is 2.30 bits per heavy atom. The van der Waals surface area contributed by atoms with Crippen molar-refractivity contribution in [2.24, 2.45) is 5.92 Å². The number of phenolic OH excluding ortho intramolecular Hbond substituents is 1. The lowest BCUT2D eigenvalue weighted by molar-refractivity contribution is -0.187. The number of imide groups is 1. The van der Waals surface area contributed by atoms with Gasteiger partial charge in [0.15, 0.2) is 11.5 Å². The molecule has 3 aromatic carbocycles. The largest absolute Gasteiger partial charge is 0.504 e. The van der Waals surface area contributed by atoms with Gasteiger partial charge in [-0.15, -0.1) is 0 Å². The lowest BCUT2D eigenvalue weighted by Crippen LogP contribution is -2.76. The van der Waals surface area contributed by atoms with E-state index in [0.717, 1.165) is 35.0 Å². The van der Waals surface area contributed by atoms with E-state index >= 15 is 0 Å². The fourth-order valence-electron chi connectivity index (χ4n) is 8.60. The van der Waals surface area contributed by atoms with Crippen molar-refractivity contribution in [3.05, 3.63) is 70.8 Å². The number of aryl methyl sites for hydroxylation is 1. The van der Waals surface area contributed by atoms with E-state index in [4.69, 9.17) is 4.74 Å². The Balaban J connectivity index is 1.25. The summed E-state index contributed by atoms with van der Waals surface area (Å²) < 4.78 is 6.65. The van der Waals surface area contributed by atoms with Gasteiger partial charge in [0.05, 0.1) is 28.2 Å². The second-order valence-corrected chi connectivity index (χ2v) is 12.7. The molecule has 2 N–H and O–H groups in total. The number of phenols is 1. The number of benzene rings is 3. The Morgan fingerprint density at radius 1 is 0.975 bits per heavy atom. The zero-order valence-electron chi connectivity index (χ0n) is 22.9. The van der Waals surface area contributed by atoms with E-state index in [2.05, 4.69) is 11.8 Å². The minimum absolute atomic E-state index is 0.0344. The van der Waals surface area contributed by atoms with Gasteiger partial charge in [-0.2, -0.15) is 0 Å². The third kappa shape index (κ3) is 2.97. The first-order valence-electron chi connectivity index (χ1n) is 14.6. The molecule has 7 heteroatoms. The van der Waals surface area contributed by atoms with Gasteiger partial charge in [0.2, 0.25) is 0 Å². The molecule has 3 aliphatic heterocycles. The summed E-state index contributed by atoms with van der Waals surface area (Å²) in [5.41, 5.74) is 0.628. The topological polar surface area (TPSA) is 90.3 Å². The molecule has 2 aliphatic carbocycles. The first kappa shape index (κ1) is 24.4. The minimum Gasteiger partial charge on any atom is -0.504 e. The molecule has 7 nitrogen and oxygen atoms in total. The summed E-state index contributed by atoms with van der Waals surface area (Å²) in [4.78, 5) is 31.7. The standard InChI is InChI=1S/C33H34N2O5/c1-18-7-10-26(36)28-27(18)32-13-14-34(17-20-8-9-20)19(2)33(32,39)12-11-25(29(32)40-28)35-30(37)23-15-21-5-3-4-6-22(21)16-24(23)31(35)38/h3-7,10,15-16,19-20,25,29,36,39H,8-9,11-14,17H2,1-2H3/t19-,25-,29+,32+,33-/m1/s1. The number of carbonyl (C=O) groups excluding carboxylic acids is 2. The summed E-state index contributed by atoms with van der Waals surface area (Å²) in [5, 5.41) is 25.6. The predicted molar refractivity (Wildman–Crippen MR) is 150 cm³/mol. The maximum atomic E-state index is 14.0. The highest BCUT2D eigenvalue weighted by Crippen LogP contribution is 2.63. The summed E-state index contributed by atoms with van der Waals surface area (Å²) in [6.45, 7) is 5.88. The highest BCUT2D eigenvalue weighted by Gasteiger charge is 2.71. The molecule has 0 aromatic heterocycles. The van der Waals surface area contributed by atoms with Gasteiger partial charge in [-0.25, -0.2) is 0 Å². The molecule has 5 atom stereocenters. The van der Waals surface area contributed by atoms with Crippen LogP contribution in [0.2, 0.25) is 0 Å². The van der Waals surface area contributed by atoms with Gasteiger partial charge in [-0.3, -0.25) is 19.4 Å². The van der Waals surface area contributed by atoms with Gasteiger partial charge in [0, 0.05) is 18.2 Å². The fraction of sp³-hybridized carbons (Fsp3) is 0.455. The number of ether oxygens (including phenoxy) is 1. The van der Waals surface area contributed by atoms with Crippen LogP contribution in [-0.2, 0) is 5.41 Å². The van der Waals surface area contributed by atoms with Crippen LogP contribution in [0, 0.1) is 12.8 Å². The first-order valence-corrected chi connectivity index (χ1v) is 14.6. The number of hydrogen-bond donors (Lipinski definition) is 2. The molecular formula is C33H34N2O5. The number of hydrogen-bond acceptors (Lipinski definition) is 6. The number of carbonyl (C=O) groups is 2. The molecule has 2 saturated carbocycles. The maximum absolute atomic E-state index is 14.0. The van der Waals surface area contributed by atoms with Crippen molar-refractivity contribution < 1.29 is 24.5 Å². The molecule has 0 bridgehead atoms. The van der Waals surface area contributed by atoms with Crippen LogP contribution in [0.4, 0.5) is 0 Å². The predicted octanol–water partition coefficient (Wildman–Crippen LogP) is 4.55. The lowest BCUT2D eigenvalue weighted by atomic mass is 9.51. The number of amides is 2. The van der Waals surface area contributed by atoms with Crippen LogP contribution in [0.5, 0.6) is 11.5 Å². The van der Waals surface area contributed by atoms with E-state index in [1.54, 1.807) is 6.07 Å². The van der Waals surface area contributed by atoms with Crippen molar-refractivity contribution in [3.8, 4) is 11.5 Å². The molecule has 0 unspecified atom stereocenters. The summed E-state index contributed by atoms with van der Waals surface area (Å²) in [6.07, 6.45) is 3.32. The summed E-state index contributed by atoms with van der Waals surface area (Å²) in [5.74, 6) is 0.499. The van der Waals surface area contributed by atoms with Crippen molar-refractivity contribution >= 4 is 22.6 Å². The van der Waals surface area contributed by atoms with Crippen LogP contribution in [0.15, 0.2) is 48.5 Å². The van der Waals surface area contributed by atoms with E-state index in [0.29, 0.717) is 42.1 Å². The summed E-state index contributed by atoms with van der Waals surface area (Å²) >= 11 is 0. The molecule has 206 valence electrons. The van der Waals surface area contributed by atoms with Gasteiger partial charge >= 0.3 is 0 Å². The molecule has 0 radical (unpaired) electrons. The number of fused-ring (bicyclic) bond motifs is 3. The van der Waals surface area contributed by atoms with E-state index in [1.807, 2.05) is 49.4 Å². The third-order valence-corrected chi connectivity index (χ3v) is 10.8. The Labute approximate surface area is 233 Å². The average Bonchev–Trinajstić information content (AvgIpc) is 3.65. The Kier molecular flexibility index (Phi) is 4.92. The molecule has 3 aromatic rings. The third-order valence-electron chi connectivity index (χ3n) is 10.8. The Bertz CT molecular complexity index is 1560. The fourth-order valence-corrected chi connectivity index (χ4v) is 8.60. The summed E-state index contributed by atoms with van der Waals surface area (Å²) in [6, 6.07) is 14.2. The van der Waals surface area contributed by atoms with Gasteiger partial charge < -0.3 is 14.9 Å². The highest BCUT2D eigenvalue weighted by molar-refractivity contribution is 6.23. The SMILES string of the molecule is Cc1ccc(O)c2c1[C@]13CCN(CC4CC4)[C@H](C)[C@]1(O)CC[C@@H](N1C(=O)c4cc5ccccc5cc4C1=O)[C@@H]3O2. The monoisotopic (exact) mass is 538 g/mol. The van der Waals surface area contributed by atoms with Crippen LogP contribution in [-0.4, -0.2) is 68.7 Å². The second kappa shape index (κ2) is 8.08. The number of piperidine rings is 1. The number of rotatable bonds is 3. The molecule has 5 aliphatic rings. The zero-order chi connectivity index (χ0) is 27.6. The van der Waals surface area contributed by atoms with Crippen molar-refractivity contribution in [1.29, 1.82) is 0 Å². The van der Waals surface area contributed by atoms with Crippen molar-refractivity contribution in [1.82, 2.24) is 9.80 Å². The van der Waals surface area contributed by atoms with Crippen molar-refractivity contribution in [2.45, 2.75) is 75.2 Å². The number of aliphatic hydroxyl groups is 1. The summed E-state index contributed by atoms with van der Waals surface area (Å²) in [7, 11) is 0. The zero-order valence-corrected chi connectivity index (χ0v) is 22.9. The van der Waals surface area contributed by atoms with E-state index in [9.17, 15) is 19.8 Å². The van der Waals surface area contributed by atoms with E-state index in [1.165, 1.54) is 17.7 Å².